The molecule has 0 saturated carbocycles. The molecule has 0 bridgehead atoms. The second-order valence-electron chi connectivity index (χ2n) is 5.31. The first-order valence-electron chi connectivity index (χ1n) is 7.49. The summed E-state index contributed by atoms with van der Waals surface area (Å²) in [6.07, 6.45) is 0. The second-order valence-corrected chi connectivity index (χ2v) is 6.31. The molecular formula is C19H14N2O2S. The van der Waals surface area contributed by atoms with Crippen LogP contribution < -0.4 is 10.1 Å². The van der Waals surface area contributed by atoms with Gasteiger partial charge in [0.2, 0.25) is 0 Å². The predicted molar refractivity (Wildman–Crippen MR) is 98.1 cm³/mol. The third kappa shape index (κ3) is 2.49. The molecule has 0 atom stereocenters. The maximum absolute atomic E-state index is 12.5. The van der Waals surface area contributed by atoms with Crippen LogP contribution in [-0.2, 0) is 0 Å². The SMILES string of the molecule is COc1ccccc1C(=O)Nc1nc2ccc3ccccc3c2s1. The molecule has 0 saturated heterocycles. The normalized spacial score (nSPS) is 10.9. The molecule has 1 heterocycles. The summed E-state index contributed by atoms with van der Waals surface area (Å²) in [5.74, 6) is 0.317. The van der Waals surface area contributed by atoms with Gasteiger partial charge in [-0.05, 0) is 23.6 Å². The first-order valence-corrected chi connectivity index (χ1v) is 8.30. The molecule has 0 radical (unpaired) electrons. The van der Waals surface area contributed by atoms with Crippen molar-refractivity contribution in [3.05, 3.63) is 66.2 Å². The minimum absolute atomic E-state index is 0.226. The Bertz CT molecular complexity index is 1060. The molecule has 3 aromatic carbocycles. The lowest BCUT2D eigenvalue weighted by atomic mass is 10.1. The van der Waals surface area contributed by atoms with Gasteiger partial charge >= 0.3 is 0 Å². The highest BCUT2D eigenvalue weighted by atomic mass is 32.1. The summed E-state index contributed by atoms with van der Waals surface area (Å²) in [6, 6.07) is 19.3. The van der Waals surface area contributed by atoms with Gasteiger partial charge in [-0.25, -0.2) is 4.98 Å². The summed E-state index contributed by atoms with van der Waals surface area (Å²) in [5, 5.41) is 5.76. The highest BCUT2D eigenvalue weighted by molar-refractivity contribution is 7.23. The number of benzene rings is 3. The maximum atomic E-state index is 12.5. The summed E-state index contributed by atoms with van der Waals surface area (Å²) < 4.78 is 6.32. The zero-order valence-electron chi connectivity index (χ0n) is 12.9. The Kier molecular flexibility index (Phi) is 3.63. The number of nitrogens with zero attached hydrogens (tertiary/aromatic N) is 1. The molecule has 0 fully saturated rings. The number of hydrogen-bond donors (Lipinski definition) is 1. The van der Waals surface area contributed by atoms with Gasteiger partial charge in [-0.2, -0.15) is 0 Å². The van der Waals surface area contributed by atoms with E-state index in [1.165, 1.54) is 11.3 Å². The molecule has 118 valence electrons. The first kappa shape index (κ1) is 14.7. The molecule has 1 aromatic heterocycles. The number of anilines is 1. The molecule has 4 aromatic rings. The van der Waals surface area contributed by atoms with Crippen LogP contribution in [0.1, 0.15) is 10.4 Å². The zero-order chi connectivity index (χ0) is 16.5. The number of para-hydroxylation sites is 1. The van der Waals surface area contributed by atoms with Crippen molar-refractivity contribution in [2.24, 2.45) is 0 Å². The highest BCUT2D eigenvalue weighted by Gasteiger charge is 2.14. The van der Waals surface area contributed by atoms with E-state index in [0.29, 0.717) is 16.4 Å². The lowest BCUT2D eigenvalue weighted by Crippen LogP contribution is -2.12. The number of rotatable bonds is 3. The molecule has 0 aliphatic heterocycles. The van der Waals surface area contributed by atoms with Crippen LogP contribution in [-0.4, -0.2) is 18.0 Å². The van der Waals surface area contributed by atoms with Gasteiger partial charge in [-0.1, -0.05) is 53.8 Å². The van der Waals surface area contributed by atoms with Gasteiger partial charge in [-0.15, -0.1) is 0 Å². The lowest BCUT2D eigenvalue weighted by molar-refractivity contribution is 0.102. The second kappa shape index (κ2) is 5.94. The number of carbonyl (C=O) groups excluding carboxylic acids is 1. The van der Waals surface area contributed by atoms with Gasteiger partial charge in [0.15, 0.2) is 5.13 Å². The van der Waals surface area contributed by atoms with Gasteiger partial charge < -0.3 is 4.74 Å². The number of amides is 1. The maximum Gasteiger partial charge on any atom is 0.261 e. The van der Waals surface area contributed by atoms with Crippen molar-refractivity contribution < 1.29 is 9.53 Å². The first-order chi connectivity index (χ1) is 11.8. The van der Waals surface area contributed by atoms with Crippen LogP contribution in [0.25, 0.3) is 21.0 Å². The number of hydrogen-bond acceptors (Lipinski definition) is 4. The number of nitrogens with one attached hydrogen (secondary N) is 1. The molecule has 0 spiro atoms. The number of fused-ring (bicyclic) bond motifs is 3. The number of aromatic nitrogens is 1. The number of ether oxygens (including phenoxy) is 1. The number of carbonyl (C=O) groups is 1. The van der Waals surface area contributed by atoms with Crippen molar-refractivity contribution in [2.45, 2.75) is 0 Å². The fourth-order valence-corrected chi connectivity index (χ4v) is 3.70. The summed E-state index contributed by atoms with van der Waals surface area (Å²) >= 11 is 1.48. The fraction of sp³-hybridized carbons (Fsp3) is 0.0526. The van der Waals surface area contributed by atoms with Crippen molar-refractivity contribution in [3.8, 4) is 5.75 Å². The molecule has 24 heavy (non-hydrogen) atoms. The topological polar surface area (TPSA) is 51.2 Å². The van der Waals surface area contributed by atoms with Gasteiger partial charge in [0.25, 0.3) is 5.91 Å². The Balaban J connectivity index is 1.72. The van der Waals surface area contributed by atoms with E-state index in [0.717, 1.165) is 21.0 Å². The van der Waals surface area contributed by atoms with E-state index in [1.54, 1.807) is 19.2 Å². The molecule has 4 rings (SSSR count). The van der Waals surface area contributed by atoms with Crippen LogP contribution in [0.3, 0.4) is 0 Å². The van der Waals surface area contributed by atoms with Crippen LogP contribution in [0, 0.1) is 0 Å². The van der Waals surface area contributed by atoms with Gasteiger partial charge in [0.1, 0.15) is 5.75 Å². The Hall–Kier alpha value is -2.92. The molecular weight excluding hydrogens is 320 g/mol. The van der Waals surface area contributed by atoms with Gasteiger partial charge in [0, 0.05) is 5.39 Å². The average Bonchev–Trinajstić information content (AvgIpc) is 3.04. The van der Waals surface area contributed by atoms with Crippen LogP contribution in [0.5, 0.6) is 5.75 Å². The van der Waals surface area contributed by atoms with Gasteiger partial charge in [0.05, 0.1) is 22.9 Å². The summed E-state index contributed by atoms with van der Waals surface area (Å²) in [6.45, 7) is 0. The highest BCUT2D eigenvalue weighted by Crippen LogP contribution is 2.33. The van der Waals surface area contributed by atoms with Crippen LogP contribution in [0.15, 0.2) is 60.7 Å². The quantitative estimate of drug-likeness (QED) is 0.590. The smallest absolute Gasteiger partial charge is 0.261 e. The molecule has 1 amide bonds. The van der Waals surface area contributed by atoms with E-state index < -0.39 is 0 Å². The molecule has 5 heteroatoms. The molecule has 0 aliphatic carbocycles. The zero-order valence-corrected chi connectivity index (χ0v) is 13.8. The monoisotopic (exact) mass is 334 g/mol. The fourth-order valence-electron chi connectivity index (χ4n) is 2.71. The number of thiazole rings is 1. The third-order valence-electron chi connectivity index (χ3n) is 3.85. The number of methoxy groups -OCH3 is 1. The van der Waals surface area contributed by atoms with E-state index >= 15 is 0 Å². The van der Waals surface area contributed by atoms with Gasteiger partial charge in [-0.3, -0.25) is 10.1 Å². The van der Waals surface area contributed by atoms with Crippen molar-refractivity contribution in [1.29, 1.82) is 0 Å². The lowest BCUT2D eigenvalue weighted by Gasteiger charge is -2.06. The van der Waals surface area contributed by atoms with E-state index in [2.05, 4.69) is 22.4 Å². The molecule has 0 unspecified atom stereocenters. The summed E-state index contributed by atoms with van der Waals surface area (Å²) in [5.41, 5.74) is 1.37. The Morgan fingerprint density at radius 1 is 1.04 bits per heavy atom. The van der Waals surface area contributed by atoms with E-state index in [-0.39, 0.29) is 5.91 Å². The van der Waals surface area contributed by atoms with Crippen LogP contribution in [0.4, 0.5) is 5.13 Å². The minimum atomic E-state index is -0.226. The average molecular weight is 334 g/mol. The van der Waals surface area contributed by atoms with Crippen molar-refractivity contribution in [1.82, 2.24) is 4.98 Å². The van der Waals surface area contributed by atoms with E-state index in [4.69, 9.17) is 4.74 Å². The van der Waals surface area contributed by atoms with Crippen molar-refractivity contribution in [2.75, 3.05) is 12.4 Å². The predicted octanol–water partition coefficient (Wildman–Crippen LogP) is 4.71. The minimum Gasteiger partial charge on any atom is -0.496 e. The Morgan fingerprint density at radius 2 is 1.83 bits per heavy atom. The standard InChI is InChI=1S/C19H14N2O2S/c1-23-16-9-5-4-8-14(16)18(22)21-19-20-15-11-10-12-6-2-3-7-13(12)17(15)24-19/h2-11H,1H3,(H,20,21,22). The summed E-state index contributed by atoms with van der Waals surface area (Å²) in [4.78, 5) is 17.0. The molecule has 4 nitrogen and oxygen atoms in total. The molecule has 0 aliphatic rings. The van der Waals surface area contributed by atoms with Crippen molar-refractivity contribution in [3.63, 3.8) is 0 Å². The van der Waals surface area contributed by atoms with E-state index in [9.17, 15) is 4.79 Å². The Labute approximate surface area is 142 Å². The summed E-state index contributed by atoms with van der Waals surface area (Å²) in [7, 11) is 1.55. The Morgan fingerprint density at radius 3 is 2.71 bits per heavy atom. The molecule has 1 N–H and O–H groups in total. The van der Waals surface area contributed by atoms with E-state index in [1.807, 2.05) is 36.4 Å². The van der Waals surface area contributed by atoms with Crippen LogP contribution in [0.2, 0.25) is 0 Å². The van der Waals surface area contributed by atoms with Crippen LogP contribution >= 0.6 is 11.3 Å². The van der Waals surface area contributed by atoms with Crippen molar-refractivity contribution >= 4 is 43.4 Å². The largest absolute Gasteiger partial charge is 0.496 e. The third-order valence-corrected chi connectivity index (χ3v) is 4.87.